The molecule has 0 bridgehead atoms. The van der Waals surface area contributed by atoms with E-state index in [1.165, 1.54) is 19.1 Å². The van der Waals surface area contributed by atoms with Crippen LogP contribution in [0.3, 0.4) is 0 Å². The van der Waals surface area contributed by atoms with Crippen molar-refractivity contribution >= 4 is 36.0 Å². The Hall–Kier alpha value is -1.51. The molecule has 2 N–H and O–H groups in total. The summed E-state index contributed by atoms with van der Waals surface area (Å²) in [5.74, 6) is 0.840. The van der Waals surface area contributed by atoms with E-state index in [0.29, 0.717) is 19.1 Å². The van der Waals surface area contributed by atoms with E-state index in [2.05, 4.69) is 59.8 Å². The fraction of sp³-hybridized carbons (Fsp3) is 0.636. The normalized spacial score (nSPS) is 15.4. The van der Waals surface area contributed by atoms with Gasteiger partial charge < -0.3 is 20.3 Å². The second-order valence-electron chi connectivity index (χ2n) is 8.30. The van der Waals surface area contributed by atoms with Gasteiger partial charge in [-0.2, -0.15) is 0 Å². The average Bonchev–Trinajstić information content (AvgIpc) is 2.71. The first-order chi connectivity index (χ1) is 13.4. The van der Waals surface area contributed by atoms with Crippen LogP contribution >= 0.6 is 24.0 Å². The minimum Gasteiger partial charge on any atom is -0.453 e. The van der Waals surface area contributed by atoms with Crippen molar-refractivity contribution in [2.24, 2.45) is 10.4 Å². The summed E-state index contributed by atoms with van der Waals surface area (Å²) in [7, 11) is 3.24. The molecule has 6 nitrogen and oxygen atoms in total. The van der Waals surface area contributed by atoms with Crippen LogP contribution in [-0.2, 0) is 11.2 Å². The molecule has 1 saturated heterocycles. The molecule has 0 aliphatic carbocycles. The first-order valence-electron chi connectivity index (χ1n) is 10.3. The standard InChI is InChI=1S/C22H36N4O2.HI/c1-22(2,14-8-11-18-9-6-5-7-10-18)17-24-20(23-3)25-19-12-15-26(16-13-19)21(27)28-4;/h5-7,9-10,19H,8,11-17H2,1-4H3,(H2,23,24,25);1H. The lowest BCUT2D eigenvalue weighted by atomic mass is 9.86. The molecule has 0 aromatic heterocycles. The van der Waals surface area contributed by atoms with Crippen molar-refractivity contribution in [1.29, 1.82) is 0 Å². The predicted molar refractivity (Wildman–Crippen MR) is 130 cm³/mol. The van der Waals surface area contributed by atoms with Crippen LogP contribution in [0.15, 0.2) is 35.3 Å². The van der Waals surface area contributed by atoms with Crippen molar-refractivity contribution in [3.05, 3.63) is 35.9 Å². The monoisotopic (exact) mass is 516 g/mol. The number of piperidine rings is 1. The van der Waals surface area contributed by atoms with Crippen LogP contribution in [0.5, 0.6) is 0 Å². The molecule has 0 radical (unpaired) electrons. The number of hydrogen-bond acceptors (Lipinski definition) is 3. The molecular weight excluding hydrogens is 479 g/mol. The third kappa shape index (κ3) is 9.23. The highest BCUT2D eigenvalue weighted by molar-refractivity contribution is 14.0. The lowest BCUT2D eigenvalue weighted by Crippen LogP contribution is -2.50. The maximum atomic E-state index is 11.6. The van der Waals surface area contributed by atoms with E-state index in [0.717, 1.165) is 38.2 Å². The van der Waals surface area contributed by atoms with Gasteiger partial charge in [-0.15, -0.1) is 24.0 Å². The lowest BCUT2D eigenvalue weighted by Gasteiger charge is -2.33. The number of aryl methyl sites for hydroxylation is 1. The molecule has 164 valence electrons. The third-order valence-electron chi connectivity index (χ3n) is 5.39. The Bertz CT molecular complexity index is 629. The predicted octanol–water partition coefficient (Wildman–Crippen LogP) is 4.05. The largest absolute Gasteiger partial charge is 0.453 e. The van der Waals surface area contributed by atoms with E-state index in [4.69, 9.17) is 4.74 Å². The number of guanidine groups is 1. The van der Waals surface area contributed by atoms with Crippen LogP contribution < -0.4 is 10.6 Å². The number of hydrogen-bond donors (Lipinski definition) is 2. The quantitative estimate of drug-likeness (QED) is 0.326. The molecule has 7 heteroatoms. The van der Waals surface area contributed by atoms with Gasteiger partial charge in [-0.3, -0.25) is 4.99 Å². The fourth-order valence-corrected chi connectivity index (χ4v) is 3.55. The molecule has 29 heavy (non-hydrogen) atoms. The van der Waals surface area contributed by atoms with E-state index in [1.54, 1.807) is 11.9 Å². The van der Waals surface area contributed by atoms with Gasteiger partial charge in [0.1, 0.15) is 0 Å². The first-order valence-corrected chi connectivity index (χ1v) is 10.3. The number of ether oxygens (including phenoxy) is 1. The van der Waals surface area contributed by atoms with Gasteiger partial charge in [-0.05, 0) is 43.1 Å². The molecule has 0 unspecified atom stereocenters. The van der Waals surface area contributed by atoms with Crippen molar-refractivity contribution in [3.63, 3.8) is 0 Å². The molecule has 0 atom stereocenters. The van der Waals surface area contributed by atoms with Crippen LogP contribution in [-0.4, -0.2) is 56.8 Å². The van der Waals surface area contributed by atoms with E-state index >= 15 is 0 Å². The van der Waals surface area contributed by atoms with Crippen molar-refractivity contribution in [1.82, 2.24) is 15.5 Å². The Morgan fingerprint density at radius 2 is 1.90 bits per heavy atom. The highest BCUT2D eigenvalue weighted by Gasteiger charge is 2.24. The molecule has 1 aromatic carbocycles. The average molecular weight is 516 g/mol. The van der Waals surface area contributed by atoms with Gasteiger partial charge in [0, 0.05) is 32.7 Å². The zero-order valence-corrected chi connectivity index (χ0v) is 20.6. The van der Waals surface area contributed by atoms with Gasteiger partial charge in [-0.1, -0.05) is 44.2 Å². The van der Waals surface area contributed by atoms with Crippen molar-refractivity contribution in [2.75, 3.05) is 33.8 Å². The summed E-state index contributed by atoms with van der Waals surface area (Å²) in [5.41, 5.74) is 1.60. The fourth-order valence-electron chi connectivity index (χ4n) is 3.55. The van der Waals surface area contributed by atoms with Crippen LogP contribution in [0.4, 0.5) is 4.79 Å². The van der Waals surface area contributed by atoms with Crippen molar-refractivity contribution in [2.45, 2.75) is 52.0 Å². The Kier molecular flexibility index (Phi) is 11.4. The maximum absolute atomic E-state index is 11.6. The van der Waals surface area contributed by atoms with E-state index < -0.39 is 0 Å². The van der Waals surface area contributed by atoms with Crippen molar-refractivity contribution in [3.8, 4) is 0 Å². The molecule has 1 amide bonds. The minimum absolute atomic E-state index is 0. The molecule has 1 aromatic rings. The van der Waals surface area contributed by atoms with Crippen LogP contribution in [0.2, 0.25) is 0 Å². The van der Waals surface area contributed by atoms with E-state index in [-0.39, 0.29) is 35.5 Å². The number of halogens is 1. The van der Waals surface area contributed by atoms with E-state index in [1.807, 2.05) is 0 Å². The number of benzene rings is 1. The summed E-state index contributed by atoms with van der Waals surface area (Å²) in [4.78, 5) is 17.7. The summed E-state index contributed by atoms with van der Waals surface area (Å²) in [5, 5.41) is 6.98. The highest BCUT2D eigenvalue weighted by Crippen LogP contribution is 2.22. The van der Waals surface area contributed by atoms with Gasteiger partial charge in [0.05, 0.1) is 7.11 Å². The molecule has 1 aliphatic heterocycles. The minimum atomic E-state index is -0.238. The number of methoxy groups -OCH3 is 1. The van der Waals surface area contributed by atoms with Gasteiger partial charge in [0.15, 0.2) is 5.96 Å². The number of carbonyl (C=O) groups is 1. The molecular formula is C22H37IN4O2. The zero-order chi connectivity index (χ0) is 20.4. The second kappa shape index (κ2) is 12.9. The smallest absolute Gasteiger partial charge is 0.409 e. The number of nitrogens with zero attached hydrogens (tertiary/aromatic N) is 2. The summed E-state index contributed by atoms with van der Waals surface area (Å²) in [6.07, 6.45) is 5.01. The Labute approximate surface area is 192 Å². The molecule has 0 saturated carbocycles. The summed E-state index contributed by atoms with van der Waals surface area (Å²) >= 11 is 0. The SMILES string of the molecule is CN=C(NCC(C)(C)CCCc1ccccc1)NC1CCN(C(=O)OC)CC1.I. The Balaban J connectivity index is 0.00000420. The van der Waals surface area contributed by atoms with Crippen LogP contribution in [0.25, 0.3) is 0 Å². The van der Waals surface area contributed by atoms with Crippen LogP contribution in [0.1, 0.15) is 45.1 Å². The van der Waals surface area contributed by atoms with Gasteiger partial charge in [0.25, 0.3) is 0 Å². The van der Waals surface area contributed by atoms with Gasteiger partial charge >= 0.3 is 6.09 Å². The first kappa shape index (κ1) is 25.5. The molecule has 1 heterocycles. The number of carbonyl (C=O) groups excluding carboxylic acids is 1. The number of aliphatic imine (C=N–C) groups is 1. The summed E-state index contributed by atoms with van der Waals surface area (Å²) in [6, 6.07) is 11.0. The highest BCUT2D eigenvalue weighted by atomic mass is 127. The molecule has 1 aliphatic rings. The maximum Gasteiger partial charge on any atom is 0.409 e. The van der Waals surface area contributed by atoms with Crippen LogP contribution in [0, 0.1) is 5.41 Å². The van der Waals surface area contributed by atoms with E-state index in [9.17, 15) is 4.79 Å². The molecule has 2 rings (SSSR count). The molecule has 1 fully saturated rings. The number of nitrogens with one attached hydrogen (secondary N) is 2. The third-order valence-corrected chi connectivity index (χ3v) is 5.39. The molecule has 0 spiro atoms. The Morgan fingerprint density at radius 3 is 2.48 bits per heavy atom. The summed E-state index contributed by atoms with van der Waals surface area (Å²) in [6.45, 7) is 6.90. The van der Waals surface area contributed by atoms with Gasteiger partial charge in [0.2, 0.25) is 0 Å². The number of rotatable bonds is 7. The topological polar surface area (TPSA) is 66.0 Å². The lowest BCUT2D eigenvalue weighted by molar-refractivity contribution is 0.111. The summed E-state index contributed by atoms with van der Waals surface area (Å²) < 4.78 is 4.79. The second-order valence-corrected chi connectivity index (χ2v) is 8.30. The van der Waals surface area contributed by atoms with Crippen molar-refractivity contribution < 1.29 is 9.53 Å². The Morgan fingerprint density at radius 1 is 1.24 bits per heavy atom. The number of amides is 1. The zero-order valence-electron chi connectivity index (χ0n) is 18.2. The number of likely N-dealkylation sites (tertiary alicyclic amines) is 1. The van der Waals surface area contributed by atoms with Gasteiger partial charge in [-0.25, -0.2) is 4.79 Å².